The molecular formula is C17H20N2O2. The lowest BCUT2D eigenvalue weighted by Gasteiger charge is -2.22. The smallest absolute Gasteiger partial charge is 0.256 e. The molecule has 0 radical (unpaired) electrons. The quantitative estimate of drug-likeness (QED) is 0.729. The monoisotopic (exact) mass is 284 g/mol. The van der Waals surface area contributed by atoms with Crippen molar-refractivity contribution >= 4 is 11.8 Å². The molecule has 0 spiro atoms. The number of carbonyl (C=O) groups excluding carboxylic acids is 2. The van der Waals surface area contributed by atoms with E-state index < -0.39 is 6.04 Å². The molecule has 4 nitrogen and oxygen atoms in total. The summed E-state index contributed by atoms with van der Waals surface area (Å²) in [4.78, 5) is 27.9. The summed E-state index contributed by atoms with van der Waals surface area (Å²) in [6.45, 7) is 5.37. The van der Waals surface area contributed by atoms with E-state index in [-0.39, 0.29) is 11.8 Å². The summed E-state index contributed by atoms with van der Waals surface area (Å²) in [5.41, 5.74) is 2.30. The third kappa shape index (κ3) is 2.75. The van der Waals surface area contributed by atoms with E-state index in [1.54, 1.807) is 32.0 Å². The Hall–Kier alpha value is -2.36. The summed E-state index contributed by atoms with van der Waals surface area (Å²) in [5, 5.41) is 0. The van der Waals surface area contributed by atoms with Crippen molar-refractivity contribution in [3.05, 3.63) is 59.9 Å². The molecule has 1 atom stereocenters. The fraction of sp³-hybridized carbons (Fsp3) is 0.294. The molecule has 2 rings (SSSR count). The zero-order valence-electron chi connectivity index (χ0n) is 12.7. The van der Waals surface area contributed by atoms with Crippen LogP contribution in [0.3, 0.4) is 0 Å². The van der Waals surface area contributed by atoms with Crippen molar-refractivity contribution in [2.75, 3.05) is 14.1 Å². The molecular weight excluding hydrogens is 264 g/mol. The van der Waals surface area contributed by atoms with E-state index in [1.165, 1.54) is 4.90 Å². The van der Waals surface area contributed by atoms with Gasteiger partial charge in [0.1, 0.15) is 6.04 Å². The maximum atomic E-state index is 12.5. The lowest BCUT2D eigenvalue weighted by molar-refractivity contribution is -0.137. The first kappa shape index (κ1) is 15.0. The molecule has 1 aliphatic heterocycles. The second-order valence-electron chi connectivity index (χ2n) is 5.20. The number of allylic oxidation sites excluding steroid dienone is 7. The second-order valence-corrected chi connectivity index (χ2v) is 5.20. The molecule has 1 unspecified atom stereocenters. The van der Waals surface area contributed by atoms with Crippen molar-refractivity contribution < 1.29 is 9.59 Å². The van der Waals surface area contributed by atoms with Gasteiger partial charge in [0, 0.05) is 14.1 Å². The molecule has 2 amide bonds. The highest BCUT2D eigenvalue weighted by molar-refractivity contribution is 6.04. The van der Waals surface area contributed by atoms with Gasteiger partial charge in [0.15, 0.2) is 0 Å². The minimum atomic E-state index is -0.456. The van der Waals surface area contributed by atoms with Crippen LogP contribution >= 0.6 is 0 Å². The van der Waals surface area contributed by atoms with Gasteiger partial charge >= 0.3 is 0 Å². The fourth-order valence-electron chi connectivity index (χ4n) is 2.44. The third-order valence-corrected chi connectivity index (χ3v) is 3.88. The van der Waals surface area contributed by atoms with Crippen LogP contribution in [0.15, 0.2) is 59.9 Å². The molecule has 110 valence electrons. The van der Waals surface area contributed by atoms with Gasteiger partial charge in [-0.25, -0.2) is 0 Å². The zero-order chi connectivity index (χ0) is 15.6. The van der Waals surface area contributed by atoms with Gasteiger partial charge in [-0.05, 0) is 25.0 Å². The molecule has 0 aromatic carbocycles. The van der Waals surface area contributed by atoms with E-state index >= 15 is 0 Å². The maximum absolute atomic E-state index is 12.5. The van der Waals surface area contributed by atoms with Crippen LogP contribution in [0.4, 0.5) is 0 Å². The molecule has 0 aromatic rings. The molecule has 1 fully saturated rings. The van der Waals surface area contributed by atoms with Crippen LogP contribution in [0.2, 0.25) is 0 Å². The maximum Gasteiger partial charge on any atom is 0.256 e. The molecule has 1 aliphatic carbocycles. The van der Waals surface area contributed by atoms with Gasteiger partial charge in [-0.15, -0.1) is 0 Å². The molecule has 1 saturated heterocycles. The Morgan fingerprint density at radius 3 is 2.67 bits per heavy atom. The lowest BCUT2D eigenvalue weighted by atomic mass is 9.97. The van der Waals surface area contributed by atoms with Gasteiger partial charge in [0.25, 0.3) is 5.91 Å². The highest BCUT2D eigenvalue weighted by Gasteiger charge is 2.36. The van der Waals surface area contributed by atoms with Crippen LogP contribution in [0, 0.1) is 0 Å². The second kappa shape index (κ2) is 5.95. The normalized spacial score (nSPS) is 24.9. The lowest BCUT2D eigenvalue weighted by Crippen LogP contribution is -2.42. The van der Waals surface area contributed by atoms with E-state index in [1.807, 2.05) is 30.4 Å². The largest absolute Gasteiger partial charge is 0.330 e. The van der Waals surface area contributed by atoms with Crippen LogP contribution in [0.5, 0.6) is 0 Å². The molecule has 4 heteroatoms. The van der Waals surface area contributed by atoms with Crippen LogP contribution in [0.25, 0.3) is 0 Å². The van der Waals surface area contributed by atoms with E-state index in [9.17, 15) is 9.59 Å². The first-order valence-electron chi connectivity index (χ1n) is 6.92. The van der Waals surface area contributed by atoms with Crippen molar-refractivity contribution in [3.63, 3.8) is 0 Å². The Bertz CT molecular complexity index is 608. The van der Waals surface area contributed by atoms with Gasteiger partial charge < -0.3 is 9.80 Å². The van der Waals surface area contributed by atoms with E-state index in [0.29, 0.717) is 17.7 Å². The Kier molecular flexibility index (Phi) is 4.26. The molecule has 2 aliphatic rings. The van der Waals surface area contributed by atoms with Gasteiger partial charge in [-0.2, -0.15) is 0 Å². The Morgan fingerprint density at radius 2 is 2.00 bits per heavy atom. The summed E-state index contributed by atoms with van der Waals surface area (Å²) in [6, 6.07) is -0.456. The standard InChI is InChI=1S/C17H20N2O2/c1-5-6-7-8-13-9-10-15-14(11-13)17(21)18(3)12(2)16(20)19(15)4/h5-8,10-12H,1,9H2,2-4H3/b7-6-,13-8+. The van der Waals surface area contributed by atoms with Gasteiger partial charge in [-0.3, -0.25) is 9.59 Å². The highest BCUT2D eigenvalue weighted by Crippen LogP contribution is 2.29. The summed E-state index contributed by atoms with van der Waals surface area (Å²) in [7, 11) is 3.38. The predicted molar refractivity (Wildman–Crippen MR) is 83.2 cm³/mol. The molecule has 21 heavy (non-hydrogen) atoms. The fourth-order valence-corrected chi connectivity index (χ4v) is 2.44. The van der Waals surface area contributed by atoms with Crippen molar-refractivity contribution in [2.45, 2.75) is 19.4 Å². The molecule has 1 heterocycles. The first-order valence-corrected chi connectivity index (χ1v) is 6.92. The first-order chi connectivity index (χ1) is 9.97. The Morgan fingerprint density at radius 1 is 1.29 bits per heavy atom. The summed E-state index contributed by atoms with van der Waals surface area (Å²) in [6.07, 6.45) is 11.9. The van der Waals surface area contributed by atoms with Crippen LogP contribution in [0.1, 0.15) is 13.3 Å². The van der Waals surface area contributed by atoms with E-state index in [4.69, 9.17) is 0 Å². The van der Waals surface area contributed by atoms with Gasteiger partial charge in [0.2, 0.25) is 5.91 Å². The molecule has 0 aromatic heterocycles. The van der Waals surface area contributed by atoms with Crippen molar-refractivity contribution in [3.8, 4) is 0 Å². The molecule has 0 N–H and O–H groups in total. The topological polar surface area (TPSA) is 40.6 Å². The summed E-state index contributed by atoms with van der Waals surface area (Å²) >= 11 is 0. The highest BCUT2D eigenvalue weighted by atomic mass is 16.2. The SMILES string of the molecule is C=C/C=C\C=C1\C=C2C(=O)N(C)C(C)C(=O)N(C)C2=CC1. The van der Waals surface area contributed by atoms with E-state index in [0.717, 1.165) is 5.57 Å². The number of hydrogen-bond acceptors (Lipinski definition) is 2. The number of carbonyl (C=O) groups is 2. The average Bonchev–Trinajstić information content (AvgIpc) is 2.55. The van der Waals surface area contributed by atoms with Crippen molar-refractivity contribution in [2.24, 2.45) is 0 Å². The summed E-state index contributed by atoms with van der Waals surface area (Å²) < 4.78 is 0. The Labute approximate surface area is 125 Å². The average molecular weight is 284 g/mol. The van der Waals surface area contributed by atoms with Gasteiger partial charge in [-0.1, -0.05) is 37.0 Å². The third-order valence-electron chi connectivity index (χ3n) is 3.88. The van der Waals surface area contributed by atoms with Crippen LogP contribution < -0.4 is 0 Å². The van der Waals surface area contributed by atoms with E-state index in [2.05, 4.69) is 6.58 Å². The van der Waals surface area contributed by atoms with Crippen LogP contribution in [-0.4, -0.2) is 41.8 Å². The number of fused-ring (bicyclic) bond motifs is 1. The van der Waals surface area contributed by atoms with Crippen molar-refractivity contribution in [1.82, 2.24) is 9.80 Å². The molecule has 0 saturated carbocycles. The number of likely N-dealkylation sites (N-methyl/N-ethyl adjacent to an activating group) is 2. The number of rotatable bonds is 2. The predicted octanol–water partition coefficient (Wildman–Crippen LogP) is 2.19. The molecule has 0 bridgehead atoms. The van der Waals surface area contributed by atoms with Gasteiger partial charge in [0.05, 0.1) is 11.3 Å². The van der Waals surface area contributed by atoms with Crippen LogP contribution in [-0.2, 0) is 9.59 Å². The van der Waals surface area contributed by atoms with Crippen molar-refractivity contribution in [1.29, 1.82) is 0 Å². The zero-order valence-corrected chi connectivity index (χ0v) is 12.7. The summed E-state index contributed by atoms with van der Waals surface area (Å²) in [5.74, 6) is -0.191. The number of amides is 2. The number of nitrogens with zero attached hydrogens (tertiary/aromatic N) is 2. The minimum Gasteiger partial charge on any atom is -0.330 e. The Balaban J connectivity index is 2.44. The minimum absolute atomic E-state index is 0.0699. The number of hydrogen-bond donors (Lipinski definition) is 0.